The van der Waals surface area contributed by atoms with Gasteiger partial charge in [0.2, 0.25) is 0 Å². The molecule has 1 aliphatic heterocycles. The largest absolute Gasteiger partial charge is 0.381 e. The van der Waals surface area contributed by atoms with E-state index >= 15 is 0 Å². The van der Waals surface area contributed by atoms with E-state index in [0.717, 1.165) is 45.4 Å². The molecule has 0 aromatic carbocycles. The van der Waals surface area contributed by atoms with Crippen LogP contribution >= 0.6 is 0 Å². The van der Waals surface area contributed by atoms with Gasteiger partial charge in [0, 0.05) is 24.7 Å². The molecule has 5 heteroatoms. The Bertz CT molecular complexity index is 310. The van der Waals surface area contributed by atoms with Crippen molar-refractivity contribution < 1.29 is 13.2 Å². The summed E-state index contributed by atoms with van der Waals surface area (Å²) in [7, 11) is -2.83. The lowest BCUT2D eigenvalue weighted by atomic mass is 9.90. The summed E-state index contributed by atoms with van der Waals surface area (Å²) in [5.41, 5.74) is 0. The molecule has 0 radical (unpaired) electrons. The van der Waals surface area contributed by atoms with Gasteiger partial charge in [-0.2, -0.15) is 0 Å². The summed E-state index contributed by atoms with van der Waals surface area (Å²) in [4.78, 5) is 0. The second-order valence-corrected chi connectivity index (χ2v) is 7.57. The van der Waals surface area contributed by atoms with Gasteiger partial charge in [-0.15, -0.1) is 0 Å². The number of ether oxygens (including phenoxy) is 1. The van der Waals surface area contributed by atoms with Gasteiger partial charge in [0.15, 0.2) is 0 Å². The first kappa shape index (κ1) is 15.9. The SMILES string of the molecule is CCCNC(CCCS(C)(=O)=O)C1CCCOC1. The van der Waals surface area contributed by atoms with Crippen molar-refractivity contribution in [1.82, 2.24) is 5.32 Å². The predicted molar refractivity (Wildman–Crippen MR) is 74.6 cm³/mol. The van der Waals surface area contributed by atoms with Crippen LogP contribution in [0.4, 0.5) is 0 Å². The van der Waals surface area contributed by atoms with Crippen LogP contribution in [0.15, 0.2) is 0 Å². The normalized spacial score (nSPS) is 22.9. The van der Waals surface area contributed by atoms with Crippen molar-refractivity contribution in [2.75, 3.05) is 31.8 Å². The molecule has 0 bridgehead atoms. The van der Waals surface area contributed by atoms with Gasteiger partial charge in [-0.1, -0.05) is 6.92 Å². The molecule has 0 saturated carbocycles. The third kappa shape index (κ3) is 6.71. The zero-order valence-corrected chi connectivity index (χ0v) is 12.5. The molecule has 2 atom stereocenters. The highest BCUT2D eigenvalue weighted by Gasteiger charge is 2.23. The van der Waals surface area contributed by atoms with Crippen molar-refractivity contribution in [1.29, 1.82) is 0 Å². The Morgan fingerprint density at radius 1 is 1.44 bits per heavy atom. The van der Waals surface area contributed by atoms with Gasteiger partial charge in [-0.25, -0.2) is 8.42 Å². The summed E-state index contributed by atoms with van der Waals surface area (Å²) in [5.74, 6) is 0.843. The van der Waals surface area contributed by atoms with E-state index in [1.54, 1.807) is 0 Å². The average molecular weight is 277 g/mol. The van der Waals surface area contributed by atoms with Crippen LogP contribution in [0.1, 0.15) is 39.0 Å². The van der Waals surface area contributed by atoms with Crippen LogP contribution in [0.5, 0.6) is 0 Å². The summed E-state index contributed by atoms with van der Waals surface area (Å²) in [5, 5.41) is 3.55. The second-order valence-electron chi connectivity index (χ2n) is 5.31. The van der Waals surface area contributed by atoms with Crippen LogP contribution < -0.4 is 5.32 Å². The molecule has 1 heterocycles. The maximum atomic E-state index is 11.2. The minimum absolute atomic E-state index is 0.297. The van der Waals surface area contributed by atoms with Crippen LogP contribution in [0, 0.1) is 5.92 Å². The summed E-state index contributed by atoms with van der Waals surface area (Å²) in [6.45, 7) is 4.85. The van der Waals surface area contributed by atoms with Gasteiger partial charge >= 0.3 is 0 Å². The van der Waals surface area contributed by atoms with E-state index in [0.29, 0.717) is 17.7 Å². The maximum absolute atomic E-state index is 11.2. The van der Waals surface area contributed by atoms with Crippen LogP contribution in [-0.4, -0.2) is 46.2 Å². The fourth-order valence-electron chi connectivity index (χ4n) is 2.48. The fourth-order valence-corrected chi connectivity index (χ4v) is 3.17. The first-order valence-corrected chi connectivity index (χ1v) is 9.08. The molecule has 1 saturated heterocycles. The van der Waals surface area contributed by atoms with Gasteiger partial charge < -0.3 is 10.1 Å². The molecule has 1 aliphatic rings. The summed E-state index contributed by atoms with van der Waals surface area (Å²) in [6.07, 6.45) is 6.42. The third-order valence-corrected chi connectivity index (χ3v) is 4.48. The monoisotopic (exact) mass is 277 g/mol. The highest BCUT2D eigenvalue weighted by Crippen LogP contribution is 2.20. The summed E-state index contributed by atoms with van der Waals surface area (Å²) >= 11 is 0. The molecule has 1 rings (SSSR count). The van der Waals surface area contributed by atoms with E-state index in [1.165, 1.54) is 12.7 Å². The van der Waals surface area contributed by atoms with Gasteiger partial charge in [0.1, 0.15) is 9.84 Å². The van der Waals surface area contributed by atoms with Crippen LogP contribution in [0.2, 0.25) is 0 Å². The highest BCUT2D eigenvalue weighted by molar-refractivity contribution is 7.90. The third-order valence-electron chi connectivity index (χ3n) is 3.45. The number of sulfone groups is 1. The standard InChI is InChI=1S/C13H27NO3S/c1-3-8-14-13(7-5-10-18(2,15)16)12-6-4-9-17-11-12/h12-14H,3-11H2,1-2H3. The molecule has 0 aliphatic carbocycles. The Balaban J connectivity index is 2.38. The smallest absolute Gasteiger partial charge is 0.147 e. The Morgan fingerprint density at radius 2 is 2.22 bits per heavy atom. The summed E-state index contributed by atoms with van der Waals surface area (Å²) in [6, 6.07) is 0.409. The molecular weight excluding hydrogens is 250 g/mol. The molecule has 0 spiro atoms. The molecule has 2 unspecified atom stereocenters. The van der Waals surface area contributed by atoms with E-state index in [1.807, 2.05) is 0 Å². The minimum Gasteiger partial charge on any atom is -0.381 e. The van der Waals surface area contributed by atoms with Crippen molar-refractivity contribution in [2.45, 2.75) is 45.1 Å². The van der Waals surface area contributed by atoms with Gasteiger partial charge in [-0.05, 0) is 44.6 Å². The summed E-state index contributed by atoms with van der Waals surface area (Å²) < 4.78 is 27.8. The molecule has 108 valence electrons. The average Bonchev–Trinajstić information content (AvgIpc) is 2.33. The van der Waals surface area contributed by atoms with Crippen molar-refractivity contribution in [3.8, 4) is 0 Å². The molecule has 1 fully saturated rings. The molecule has 4 nitrogen and oxygen atoms in total. The highest BCUT2D eigenvalue weighted by atomic mass is 32.2. The lowest BCUT2D eigenvalue weighted by Gasteiger charge is -2.31. The first-order chi connectivity index (χ1) is 8.53. The topological polar surface area (TPSA) is 55.4 Å². The molecule has 0 amide bonds. The van der Waals surface area contributed by atoms with Crippen LogP contribution in [-0.2, 0) is 14.6 Å². The Hall–Kier alpha value is -0.130. The predicted octanol–water partition coefficient (Wildman–Crippen LogP) is 1.61. The van der Waals surface area contributed by atoms with Crippen LogP contribution in [0.3, 0.4) is 0 Å². The molecule has 1 N–H and O–H groups in total. The van der Waals surface area contributed by atoms with E-state index in [-0.39, 0.29) is 0 Å². The maximum Gasteiger partial charge on any atom is 0.147 e. The number of hydrogen-bond acceptors (Lipinski definition) is 4. The fraction of sp³-hybridized carbons (Fsp3) is 1.00. The molecule has 0 aromatic heterocycles. The quantitative estimate of drug-likeness (QED) is 0.732. The first-order valence-electron chi connectivity index (χ1n) is 7.02. The lowest BCUT2D eigenvalue weighted by Crippen LogP contribution is -2.40. The van der Waals surface area contributed by atoms with Gasteiger partial charge in [0.05, 0.1) is 6.61 Å². The number of hydrogen-bond donors (Lipinski definition) is 1. The minimum atomic E-state index is -2.83. The molecule has 18 heavy (non-hydrogen) atoms. The number of nitrogens with one attached hydrogen (secondary N) is 1. The Morgan fingerprint density at radius 3 is 2.78 bits per heavy atom. The Kier molecular flexibility index (Phi) is 7.19. The zero-order chi connectivity index (χ0) is 13.4. The van der Waals surface area contributed by atoms with E-state index < -0.39 is 9.84 Å². The van der Waals surface area contributed by atoms with Gasteiger partial charge in [-0.3, -0.25) is 0 Å². The van der Waals surface area contributed by atoms with Crippen molar-refractivity contribution in [2.24, 2.45) is 5.92 Å². The molecular formula is C13H27NO3S. The van der Waals surface area contributed by atoms with Crippen molar-refractivity contribution in [3.63, 3.8) is 0 Å². The van der Waals surface area contributed by atoms with Crippen molar-refractivity contribution >= 4 is 9.84 Å². The van der Waals surface area contributed by atoms with Crippen molar-refractivity contribution in [3.05, 3.63) is 0 Å². The number of rotatable bonds is 8. The van der Waals surface area contributed by atoms with E-state index in [4.69, 9.17) is 4.74 Å². The van der Waals surface area contributed by atoms with E-state index in [2.05, 4.69) is 12.2 Å². The lowest BCUT2D eigenvalue weighted by molar-refractivity contribution is 0.0379. The van der Waals surface area contributed by atoms with Crippen LogP contribution in [0.25, 0.3) is 0 Å². The second kappa shape index (κ2) is 8.12. The Labute approximate surface area is 111 Å². The van der Waals surface area contributed by atoms with E-state index in [9.17, 15) is 8.42 Å². The van der Waals surface area contributed by atoms with Gasteiger partial charge in [0.25, 0.3) is 0 Å². The zero-order valence-electron chi connectivity index (χ0n) is 11.7. The molecule has 0 aromatic rings.